The summed E-state index contributed by atoms with van der Waals surface area (Å²) in [6, 6.07) is 11.1. The first-order chi connectivity index (χ1) is 12.0. The van der Waals surface area contributed by atoms with Crippen LogP contribution in [0.15, 0.2) is 48.5 Å². The van der Waals surface area contributed by atoms with Crippen LogP contribution in [0.1, 0.15) is 21.5 Å². The van der Waals surface area contributed by atoms with Crippen LogP contribution in [0.4, 0.5) is 11.4 Å². The average molecular weight is 337 g/mol. The van der Waals surface area contributed by atoms with Crippen molar-refractivity contribution in [2.24, 2.45) is 0 Å². The number of nitrogens with one attached hydrogen (secondary N) is 2. The van der Waals surface area contributed by atoms with Crippen molar-refractivity contribution in [2.45, 2.75) is 6.42 Å². The third-order valence-electron chi connectivity index (χ3n) is 3.83. The molecule has 2 aromatic carbocycles. The second kappa shape index (κ2) is 6.96. The molecule has 1 aliphatic heterocycles. The molecule has 0 fully saturated rings. The number of rotatable bonds is 4. The SMILES string of the molecule is O=C(/C=C/c1ccc([N+](=O)[O-])cc1)Nc1ccc2c(c1)C(=O)NCC2. The molecular formula is C18H15N3O4. The van der Waals surface area contributed by atoms with Crippen molar-refractivity contribution in [1.82, 2.24) is 5.32 Å². The molecule has 0 unspecified atom stereocenters. The van der Waals surface area contributed by atoms with E-state index in [9.17, 15) is 19.7 Å². The van der Waals surface area contributed by atoms with Crippen molar-refractivity contribution in [3.05, 3.63) is 75.3 Å². The molecule has 25 heavy (non-hydrogen) atoms. The van der Waals surface area contributed by atoms with Gasteiger partial charge in [0.25, 0.3) is 11.6 Å². The van der Waals surface area contributed by atoms with Crippen LogP contribution in [0.5, 0.6) is 0 Å². The zero-order valence-electron chi connectivity index (χ0n) is 13.2. The quantitative estimate of drug-likeness (QED) is 0.508. The van der Waals surface area contributed by atoms with Gasteiger partial charge in [0, 0.05) is 36.0 Å². The Labute approximate surface area is 143 Å². The van der Waals surface area contributed by atoms with Crippen LogP contribution < -0.4 is 10.6 Å². The standard InChI is InChI=1S/C18H15N3O4/c22-17(8-3-12-1-6-15(7-2-12)21(24)25)20-14-5-4-13-9-10-19-18(23)16(13)11-14/h1-8,11H,9-10H2,(H,19,23)(H,20,22)/b8-3+. The summed E-state index contributed by atoms with van der Waals surface area (Å²) in [5.74, 6) is -0.492. The second-order valence-corrected chi connectivity index (χ2v) is 5.55. The van der Waals surface area contributed by atoms with Crippen LogP contribution in [0, 0.1) is 10.1 Å². The lowest BCUT2D eigenvalue weighted by Gasteiger charge is -2.17. The highest BCUT2D eigenvalue weighted by Crippen LogP contribution is 2.19. The average Bonchev–Trinajstić information content (AvgIpc) is 2.61. The van der Waals surface area contributed by atoms with Crippen LogP contribution in [0.25, 0.3) is 6.08 Å². The molecule has 2 amide bonds. The Morgan fingerprint density at radius 1 is 1.20 bits per heavy atom. The van der Waals surface area contributed by atoms with Gasteiger partial charge in [0.15, 0.2) is 0 Å². The summed E-state index contributed by atoms with van der Waals surface area (Å²) in [5.41, 5.74) is 2.74. The fourth-order valence-electron chi connectivity index (χ4n) is 2.55. The first-order valence-corrected chi connectivity index (χ1v) is 7.67. The Morgan fingerprint density at radius 2 is 1.96 bits per heavy atom. The molecule has 7 heteroatoms. The van der Waals surface area contributed by atoms with E-state index in [1.54, 1.807) is 30.3 Å². The van der Waals surface area contributed by atoms with Crippen molar-refractivity contribution >= 4 is 29.3 Å². The summed E-state index contributed by atoms with van der Waals surface area (Å²) in [6.45, 7) is 0.621. The maximum atomic E-state index is 12.0. The zero-order chi connectivity index (χ0) is 17.8. The number of fused-ring (bicyclic) bond motifs is 1. The Balaban J connectivity index is 1.67. The van der Waals surface area contributed by atoms with E-state index in [1.807, 2.05) is 6.07 Å². The molecule has 0 aliphatic carbocycles. The van der Waals surface area contributed by atoms with E-state index in [1.165, 1.54) is 18.2 Å². The molecule has 0 aromatic heterocycles. The van der Waals surface area contributed by atoms with Crippen molar-refractivity contribution < 1.29 is 14.5 Å². The lowest BCUT2D eigenvalue weighted by atomic mass is 10.00. The van der Waals surface area contributed by atoms with E-state index in [0.717, 1.165) is 12.0 Å². The number of benzene rings is 2. The van der Waals surface area contributed by atoms with Gasteiger partial charge >= 0.3 is 0 Å². The van der Waals surface area contributed by atoms with E-state index in [4.69, 9.17) is 0 Å². The van der Waals surface area contributed by atoms with Crippen LogP contribution in [-0.2, 0) is 11.2 Å². The number of hydrogen-bond donors (Lipinski definition) is 2. The minimum absolute atomic E-state index is 0.00561. The van der Waals surface area contributed by atoms with E-state index in [0.29, 0.717) is 23.4 Å². The topological polar surface area (TPSA) is 101 Å². The molecule has 2 aromatic rings. The van der Waals surface area contributed by atoms with Gasteiger partial charge in [-0.05, 0) is 47.9 Å². The molecule has 0 bridgehead atoms. The maximum Gasteiger partial charge on any atom is 0.269 e. The smallest absolute Gasteiger partial charge is 0.269 e. The molecule has 1 heterocycles. The van der Waals surface area contributed by atoms with Gasteiger partial charge in [0.1, 0.15) is 0 Å². The first kappa shape index (κ1) is 16.4. The molecule has 2 N–H and O–H groups in total. The van der Waals surface area contributed by atoms with Gasteiger partial charge in [0.05, 0.1) is 4.92 Å². The van der Waals surface area contributed by atoms with Crippen molar-refractivity contribution in [2.75, 3.05) is 11.9 Å². The summed E-state index contributed by atoms with van der Waals surface area (Å²) >= 11 is 0. The predicted octanol–water partition coefficient (Wildman–Crippen LogP) is 2.53. The summed E-state index contributed by atoms with van der Waals surface area (Å²) < 4.78 is 0. The predicted molar refractivity (Wildman–Crippen MR) is 93.2 cm³/mol. The maximum absolute atomic E-state index is 12.0. The fraction of sp³-hybridized carbons (Fsp3) is 0.111. The Hall–Kier alpha value is -3.48. The number of nitrogens with zero attached hydrogens (tertiary/aromatic N) is 1. The number of nitro benzene ring substituents is 1. The molecule has 0 atom stereocenters. The first-order valence-electron chi connectivity index (χ1n) is 7.67. The van der Waals surface area contributed by atoms with E-state index in [-0.39, 0.29) is 17.5 Å². The Bertz CT molecular complexity index is 872. The van der Waals surface area contributed by atoms with Crippen molar-refractivity contribution in [3.63, 3.8) is 0 Å². The Kier molecular flexibility index (Phi) is 4.56. The summed E-state index contributed by atoms with van der Waals surface area (Å²) in [4.78, 5) is 33.9. The van der Waals surface area contributed by atoms with E-state index >= 15 is 0 Å². The third-order valence-corrected chi connectivity index (χ3v) is 3.83. The Morgan fingerprint density at radius 3 is 2.68 bits per heavy atom. The van der Waals surface area contributed by atoms with Gasteiger partial charge in [-0.1, -0.05) is 6.07 Å². The van der Waals surface area contributed by atoms with Crippen LogP contribution in [0.3, 0.4) is 0 Å². The minimum atomic E-state index is -0.480. The number of amides is 2. The number of non-ortho nitro benzene ring substituents is 1. The number of nitro groups is 1. The van der Waals surface area contributed by atoms with E-state index < -0.39 is 4.92 Å². The van der Waals surface area contributed by atoms with Crippen molar-refractivity contribution in [1.29, 1.82) is 0 Å². The van der Waals surface area contributed by atoms with Gasteiger partial charge in [-0.2, -0.15) is 0 Å². The highest BCUT2D eigenvalue weighted by Gasteiger charge is 2.16. The fourth-order valence-corrected chi connectivity index (χ4v) is 2.55. The van der Waals surface area contributed by atoms with Crippen LogP contribution in [0.2, 0.25) is 0 Å². The molecule has 1 aliphatic rings. The van der Waals surface area contributed by atoms with E-state index in [2.05, 4.69) is 10.6 Å². The number of carbonyl (C=O) groups excluding carboxylic acids is 2. The molecule has 0 saturated carbocycles. The molecule has 0 spiro atoms. The van der Waals surface area contributed by atoms with Crippen molar-refractivity contribution in [3.8, 4) is 0 Å². The minimum Gasteiger partial charge on any atom is -0.352 e. The van der Waals surface area contributed by atoms with Crippen LogP contribution >= 0.6 is 0 Å². The van der Waals surface area contributed by atoms with Gasteiger partial charge in [-0.3, -0.25) is 19.7 Å². The molecular weight excluding hydrogens is 322 g/mol. The van der Waals surface area contributed by atoms with Gasteiger partial charge in [-0.25, -0.2) is 0 Å². The summed E-state index contributed by atoms with van der Waals surface area (Å²) in [7, 11) is 0. The summed E-state index contributed by atoms with van der Waals surface area (Å²) in [5, 5.41) is 16.1. The number of carbonyl (C=O) groups is 2. The second-order valence-electron chi connectivity index (χ2n) is 5.55. The highest BCUT2D eigenvalue weighted by atomic mass is 16.6. The molecule has 126 valence electrons. The molecule has 3 rings (SSSR count). The number of hydrogen-bond acceptors (Lipinski definition) is 4. The molecule has 7 nitrogen and oxygen atoms in total. The van der Waals surface area contributed by atoms with Gasteiger partial charge in [-0.15, -0.1) is 0 Å². The zero-order valence-corrected chi connectivity index (χ0v) is 13.2. The number of anilines is 1. The van der Waals surface area contributed by atoms with Gasteiger partial charge < -0.3 is 10.6 Å². The lowest BCUT2D eigenvalue weighted by molar-refractivity contribution is -0.384. The third kappa shape index (κ3) is 3.89. The highest BCUT2D eigenvalue weighted by molar-refractivity contribution is 6.03. The normalized spacial score (nSPS) is 13.2. The lowest BCUT2D eigenvalue weighted by Crippen LogP contribution is -2.31. The largest absolute Gasteiger partial charge is 0.352 e. The molecule has 0 saturated heterocycles. The summed E-state index contributed by atoms with van der Waals surface area (Å²) in [6.07, 6.45) is 3.67. The van der Waals surface area contributed by atoms with Gasteiger partial charge in [0.2, 0.25) is 5.91 Å². The van der Waals surface area contributed by atoms with Crippen LogP contribution in [-0.4, -0.2) is 23.3 Å². The molecule has 0 radical (unpaired) electrons. The monoisotopic (exact) mass is 337 g/mol.